The van der Waals surface area contributed by atoms with Crippen molar-refractivity contribution in [3.05, 3.63) is 65.9 Å². The van der Waals surface area contributed by atoms with Crippen LogP contribution >= 0.6 is 0 Å². The zero-order valence-electron chi connectivity index (χ0n) is 11.0. The summed E-state index contributed by atoms with van der Waals surface area (Å²) in [5.41, 5.74) is 2.87. The van der Waals surface area contributed by atoms with Crippen LogP contribution in [0.5, 0.6) is 0 Å². The number of aromatic nitrogens is 1. The second-order valence-corrected chi connectivity index (χ2v) is 4.51. The molecule has 0 aliphatic rings. The highest BCUT2D eigenvalue weighted by atomic mass is 16.4. The average Bonchev–Trinajstić information content (AvgIpc) is 3.05. The van der Waals surface area contributed by atoms with E-state index in [1.807, 2.05) is 12.1 Å². The molecule has 0 amide bonds. The molecule has 0 saturated carbocycles. The molecule has 1 heterocycles. The van der Waals surface area contributed by atoms with Crippen molar-refractivity contribution in [2.24, 2.45) is 0 Å². The molecule has 1 aromatic heterocycles. The first-order valence-electron chi connectivity index (χ1n) is 6.37. The molecule has 0 aliphatic heterocycles. The molecule has 4 heteroatoms. The fourth-order valence-electron chi connectivity index (χ4n) is 1.97. The standard InChI is InChI=1S/C17H11NO3/c19-10-12-1-5-14(6-2-12)16-9-18-17(21-16)15-7-3-13(11-20)4-8-15/h1-11H. The van der Waals surface area contributed by atoms with Crippen molar-refractivity contribution in [3.8, 4) is 22.8 Å². The van der Waals surface area contributed by atoms with Crippen LogP contribution in [0.4, 0.5) is 0 Å². The molecule has 2 aromatic carbocycles. The van der Waals surface area contributed by atoms with Gasteiger partial charge in [-0.2, -0.15) is 0 Å². The van der Waals surface area contributed by atoms with E-state index in [1.165, 1.54) is 0 Å². The van der Waals surface area contributed by atoms with Crippen molar-refractivity contribution in [1.82, 2.24) is 4.98 Å². The number of carbonyl (C=O) groups excluding carboxylic acids is 2. The molecular formula is C17H11NO3. The highest BCUT2D eigenvalue weighted by Gasteiger charge is 2.08. The first-order valence-corrected chi connectivity index (χ1v) is 6.37. The zero-order valence-corrected chi connectivity index (χ0v) is 11.0. The average molecular weight is 277 g/mol. The molecule has 0 unspecified atom stereocenters. The van der Waals surface area contributed by atoms with Gasteiger partial charge in [-0.15, -0.1) is 0 Å². The van der Waals surface area contributed by atoms with E-state index < -0.39 is 0 Å². The fourth-order valence-corrected chi connectivity index (χ4v) is 1.97. The van der Waals surface area contributed by atoms with Crippen LogP contribution in [0, 0.1) is 0 Å². The van der Waals surface area contributed by atoms with Crippen molar-refractivity contribution in [3.63, 3.8) is 0 Å². The number of carbonyl (C=O) groups is 2. The third-order valence-corrected chi connectivity index (χ3v) is 3.13. The summed E-state index contributed by atoms with van der Waals surface area (Å²) in [6.07, 6.45) is 3.22. The molecule has 0 aliphatic carbocycles. The van der Waals surface area contributed by atoms with Crippen LogP contribution in [0.2, 0.25) is 0 Å². The van der Waals surface area contributed by atoms with Gasteiger partial charge >= 0.3 is 0 Å². The largest absolute Gasteiger partial charge is 0.436 e. The number of oxazole rings is 1. The molecule has 3 rings (SSSR count). The van der Waals surface area contributed by atoms with E-state index >= 15 is 0 Å². The number of aldehydes is 2. The summed E-state index contributed by atoms with van der Waals surface area (Å²) in [7, 11) is 0. The quantitative estimate of drug-likeness (QED) is 0.683. The zero-order chi connectivity index (χ0) is 14.7. The van der Waals surface area contributed by atoms with Crippen LogP contribution in [0.15, 0.2) is 59.1 Å². The SMILES string of the molecule is O=Cc1ccc(-c2cnc(-c3ccc(C=O)cc3)o2)cc1. The van der Waals surface area contributed by atoms with Crippen LogP contribution in [0.3, 0.4) is 0 Å². The summed E-state index contributed by atoms with van der Waals surface area (Å²) in [5, 5.41) is 0. The van der Waals surface area contributed by atoms with E-state index in [0.29, 0.717) is 22.8 Å². The molecule has 0 saturated heterocycles. The van der Waals surface area contributed by atoms with Crippen molar-refractivity contribution in [2.45, 2.75) is 0 Å². The molecule has 4 nitrogen and oxygen atoms in total. The lowest BCUT2D eigenvalue weighted by molar-refractivity contribution is 0.111. The summed E-state index contributed by atoms with van der Waals surface area (Å²) in [6, 6.07) is 14.1. The number of hydrogen-bond acceptors (Lipinski definition) is 4. The Kier molecular flexibility index (Phi) is 3.43. The molecule has 102 valence electrons. The summed E-state index contributed by atoms with van der Waals surface area (Å²) in [5.74, 6) is 1.11. The van der Waals surface area contributed by atoms with Gasteiger partial charge in [0, 0.05) is 22.3 Å². The van der Waals surface area contributed by atoms with E-state index in [9.17, 15) is 9.59 Å². The van der Waals surface area contributed by atoms with Crippen molar-refractivity contribution < 1.29 is 14.0 Å². The van der Waals surface area contributed by atoms with Gasteiger partial charge in [-0.25, -0.2) is 4.98 Å². The van der Waals surface area contributed by atoms with Gasteiger partial charge in [-0.05, 0) is 12.1 Å². The Morgan fingerprint density at radius 2 is 1.29 bits per heavy atom. The highest BCUT2D eigenvalue weighted by molar-refractivity contribution is 5.77. The first kappa shape index (κ1) is 13.0. The van der Waals surface area contributed by atoms with Crippen molar-refractivity contribution in [1.29, 1.82) is 0 Å². The van der Waals surface area contributed by atoms with Crippen LogP contribution in [0.1, 0.15) is 20.7 Å². The Bertz CT molecular complexity index is 705. The van der Waals surface area contributed by atoms with Crippen molar-refractivity contribution >= 4 is 12.6 Å². The maximum absolute atomic E-state index is 10.6. The minimum atomic E-state index is 0.488. The second-order valence-electron chi connectivity index (χ2n) is 4.51. The summed E-state index contributed by atoms with van der Waals surface area (Å²) >= 11 is 0. The van der Waals surface area contributed by atoms with Crippen molar-refractivity contribution in [2.75, 3.05) is 0 Å². The third kappa shape index (κ3) is 2.65. The molecular weight excluding hydrogens is 266 g/mol. The molecule has 0 bridgehead atoms. The van der Waals surface area contributed by atoms with Crippen LogP contribution in [-0.2, 0) is 0 Å². The predicted octanol–water partition coefficient (Wildman–Crippen LogP) is 3.63. The van der Waals surface area contributed by atoms with E-state index in [4.69, 9.17) is 4.42 Å². The number of rotatable bonds is 4. The molecule has 21 heavy (non-hydrogen) atoms. The van der Waals surface area contributed by atoms with Gasteiger partial charge in [0.1, 0.15) is 12.6 Å². The van der Waals surface area contributed by atoms with E-state index in [1.54, 1.807) is 42.6 Å². The van der Waals surface area contributed by atoms with Gasteiger partial charge in [-0.1, -0.05) is 36.4 Å². The summed E-state index contributed by atoms with van der Waals surface area (Å²) < 4.78 is 5.71. The summed E-state index contributed by atoms with van der Waals surface area (Å²) in [4.78, 5) is 25.5. The minimum absolute atomic E-state index is 0.488. The molecule has 3 aromatic rings. The van der Waals surface area contributed by atoms with Crippen LogP contribution in [-0.4, -0.2) is 17.6 Å². The van der Waals surface area contributed by atoms with Gasteiger partial charge in [0.2, 0.25) is 5.89 Å². The van der Waals surface area contributed by atoms with Gasteiger partial charge < -0.3 is 4.42 Å². The number of nitrogens with zero attached hydrogens (tertiary/aromatic N) is 1. The monoisotopic (exact) mass is 277 g/mol. The normalized spacial score (nSPS) is 10.3. The van der Waals surface area contributed by atoms with Gasteiger partial charge in [0.25, 0.3) is 0 Å². The summed E-state index contributed by atoms with van der Waals surface area (Å²) in [6.45, 7) is 0. The molecule has 0 radical (unpaired) electrons. The van der Waals surface area contributed by atoms with E-state index in [-0.39, 0.29) is 0 Å². The Balaban J connectivity index is 1.90. The first-order chi connectivity index (χ1) is 10.3. The molecule has 0 atom stereocenters. The second kappa shape index (κ2) is 5.54. The third-order valence-electron chi connectivity index (χ3n) is 3.13. The highest BCUT2D eigenvalue weighted by Crippen LogP contribution is 2.26. The Labute approximate surface area is 121 Å². The van der Waals surface area contributed by atoms with Crippen LogP contribution in [0.25, 0.3) is 22.8 Å². The Morgan fingerprint density at radius 3 is 1.81 bits per heavy atom. The maximum Gasteiger partial charge on any atom is 0.226 e. The van der Waals surface area contributed by atoms with E-state index in [2.05, 4.69) is 4.98 Å². The lowest BCUT2D eigenvalue weighted by atomic mass is 10.1. The smallest absolute Gasteiger partial charge is 0.226 e. The van der Waals surface area contributed by atoms with E-state index in [0.717, 1.165) is 23.7 Å². The molecule has 0 fully saturated rings. The lowest BCUT2D eigenvalue weighted by Crippen LogP contribution is -1.80. The molecule has 0 N–H and O–H groups in total. The molecule has 0 spiro atoms. The number of benzene rings is 2. The van der Waals surface area contributed by atoms with Crippen LogP contribution < -0.4 is 0 Å². The number of hydrogen-bond donors (Lipinski definition) is 0. The fraction of sp³-hybridized carbons (Fsp3) is 0. The maximum atomic E-state index is 10.6. The predicted molar refractivity (Wildman–Crippen MR) is 78.2 cm³/mol. The Hall–Kier alpha value is -3.01. The Morgan fingerprint density at radius 1 is 0.762 bits per heavy atom. The van der Waals surface area contributed by atoms with Gasteiger partial charge in [0.15, 0.2) is 5.76 Å². The minimum Gasteiger partial charge on any atom is -0.436 e. The lowest BCUT2D eigenvalue weighted by Gasteiger charge is -1.98. The van der Waals surface area contributed by atoms with Gasteiger partial charge in [-0.3, -0.25) is 9.59 Å². The topological polar surface area (TPSA) is 60.2 Å². The van der Waals surface area contributed by atoms with Gasteiger partial charge in [0.05, 0.1) is 6.20 Å².